The van der Waals surface area contributed by atoms with Crippen molar-refractivity contribution >= 4 is 17.4 Å². The molecule has 2 aliphatic rings. The molecular formula is C19H29N3O2. The van der Waals surface area contributed by atoms with Gasteiger partial charge in [0.15, 0.2) is 0 Å². The van der Waals surface area contributed by atoms with Crippen molar-refractivity contribution in [3.05, 3.63) is 23.8 Å². The van der Waals surface area contributed by atoms with Gasteiger partial charge in [0, 0.05) is 35.9 Å². The molecule has 1 heterocycles. The number of benzene rings is 1. The summed E-state index contributed by atoms with van der Waals surface area (Å²) in [4.78, 5) is 14.7. The van der Waals surface area contributed by atoms with Crippen LogP contribution in [0.25, 0.3) is 0 Å². The van der Waals surface area contributed by atoms with E-state index in [1.54, 1.807) is 0 Å². The van der Waals surface area contributed by atoms with E-state index in [9.17, 15) is 9.90 Å². The van der Waals surface area contributed by atoms with Gasteiger partial charge in [-0.15, -0.1) is 0 Å². The van der Waals surface area contributed by atoms with Crippen LogP contribution in [0.2, 0.25) is 0 Å². The third-order valence-electron chi connectivity index (χ3n) is 5.68. The number of nitrogens with zero attached hydrogens (tertiary/aromatic N) is 1. The topological polar surface area (TPSA) is 64.6 Å². The Labute approximate surface area is 144 Å². The molecule has 1 saturated carbocycles. The highest BCUT2D eigenvalue weighted by molar-refractivity contribution is 5.90. The van der Waals surface area contributed by atoms with Crippen LogP contribution < -0.4 is 15.5 Å². The zero-order chi connectivity index (χ0) is 17.2. The highest BCUT2D eigenvalue weighted by Crippen LogP contribution is 2.37. The van der Waals surface area contributed by atoms with E-state index in [1.165, 1.54) is 18.5 Å². The molecule has 132 valence electrons. The van der Waals surface area contributed by atoms with Gasteiger partial charge < -0.3 is 20.6 Å². The number of carbonyl (C=O) groups is 1. The minimum absolute atomic E-state index is 0.0340. The fourth-order valence-corrected chi connectivity index (χ4v) is 3.95. The molecule has 3 N–H and O–H groups in total. The number of amides is 2. The van der Waals surface area contributed by atoms with Gasteiger partial charge in [-0.2, -0.15) is 0 Å². The first-order valence-corrected chi connectivity index (χ1v) is 9.06. The summed E-state index contributed by atoms with van der Waals surface area (Å²) in [6, 6.07) is 6.07. The molecule has 1 aromatic rings. The molecule has 0 radical (unpaired) electrons. The quantitative estimate of drug-likeness (QED) is 0.793. The van der Waals surface area contributed by atoms with E-state index in [1.807, 2.05) is 19.9 Å². The molecule has 3 rings (SSSR count). The summed E-state index contributed by atoms with van der Waals surface area (Å²) >= 11 is 0. The SMILES string of the molecule is Cc1cc(N2CCCC2)ccc1NC(=O)NC1CCCC1(C)CO. The molecule has 5 nitrogen and oxygen atoms in total. The van der Waals surface area contributed by atoms with Crippen molar-refractivity contribution in [2.24, 2.45) is 5.41 Å². The monoisotopic (exact) mass is 331 g/mol. The molecule has 2 atom stereocenters. The predicted octanol–water partition coefficient (Wildman–Crippen LogP) is 3.27. The highest BCUT2D eigenvalue weighted by Gasteiger charge is 2.39. The molecule has 2 unspecified atom stereocenters. The van der Waals surface area contributed by atoms with Crippen molar-refractivity contribution < 1.29 is 9.90 Å². The lowest BCUT2D eigenvalue weighted by Gasteiger charge is -2.30. The van der Waals surface area contributed by atoms with Crippen molar-refractivity contribution in [3.8, 4) is 0 Å². The first kappa shape index (κ1) is 17.1. The summed E-state index contributed by atoms with van der Waals surface area (Å²) in [6.07, 6.45) is 5.44. The van der Waals surface area contributed by atoms with E-state index in [0.717, 1.165) is 43.6 Å². The Balaban J connectivity index is 1.62. The first-order valence-electron chi connectivity index (χ1n) is 9.06. The number of hydrogen-bond donors (Lipinski definition) is 3. The summed E-state index contributed by atoms with van der Waals surface area (Å²) < 4.78 is 0. The third kappa shape index (κ3) is 3.51. The van der Waals surface area contributed by atoms with Crippen LogP contribution in [0.1, 0.15) is 44.6 Å². The third-order valence-corrected chi connectivity index (χ3v) is 5.68. The maximum absolute atomic E-state index is 12.4. The van der Waals surface area contributed by atoms with Crippen LogP contribution in [0.3, 0.4) is 0 Å². The van der Waals surface area contributed by atoms with Crippen molar-refractivity contribution in [1.82, 2.24) is 5.32 Å². The summed E-state index contributed by atoms with van der Waals surface area (Å²) in [6.45, 7) is 6.42. The number of urea groups is 1. The van der Waals surface area contributed by atoms with Crippen LogP contribution in [0.15, 0.2) is 18.2 Å². The zero-order valence-electron chi connectivity index (χ0n) is 14.8. The van der Waals surface area contributed by atoms with Gasteiger partial charge in [-0.05, 0) is 56.4 Å². The second-order valence-corrected chi connectivity index (χ2v) is 7.55. The van der Waals surface area contributed by atoms with E-state index in [2.05, 4.69) is 27.7 Å². The Kier molecular flexibility index (Phi) is 4.99. The van der Waals surface area contributed by atoms with Gasteiger partial charge in [-0.1, -0.05) is 13.3 Å². The Morgan fingerprint density at radius 1 is 1.33 bits per heavy atom. The average Bonchev–Trinajstić information content (AvgIpc) is 3.21. The van der Waals surface area contributed by atoms with Gasteiger partial charge in [-0.3, -0.25) is 0 Å². The molecule has 0 spiro atoms. The van der Waals surface area contributed by atoms with Crippen molar-refractivity contribution in [2.45, 2.75) is 52.0 Å². The van der Waals surface area contributed by atoms with E-state index >= 15 is 0 Å². The molecule has 2 amide bonds. The van der Waals surface area contributed by atoms with Crippen molar-refractivity contribution in [1.29, 1.82) is 0 Å². The predicted molar refractivity (Wildman–Crippen MR) is 97.6 cm³/mol. The lowest BCUT2D eigenvalue weighted by atomic mass is 9.86. The maximum atomic E-state index is 12.4. The van der Waals surface area contributed by atoms with Gasteiger partial charge in [-0.25, -0.2) is 4.79 Å². The van der Waals surface area contributed by atoms with Crippen LogP contribution in [0.5, 0.6) is 0 Å². The fourth-order valence-electron chi connectivity index (χ4n) is 3.95. The van der Waals surface area contributed by atoms with Crippen LogP contribution in [0, 0.1) is 12.3 Å². The second kappa shape index (κ2) is 7.01. The molecule has 1 saturated heterocycles. The van der Waals surface area contributed by atoms with E-state index in [-0.39, 0.29) is 24.1 Å². The minimum Gasteiger partial charge on any atom is -0.396 e. The molecule has 1 aromatic carbocycles. The van der Waals surface area contributed by atoms with Crippen LogP contribution in [-0.4, -0.2) is 36.9 Å². The van der Waals surface area contributed by atoms with E-state index < -0.39 is 0 Å². The van der Waals surface area contributed by atoms with Crippen LogP contribution in [-0.2, 0) is 0 Å². The standard InChI is InChI=1S/C19H29N3O2/c1-14-12-15(22-10-3-4-11-22)7-8-16(14)20-18(24)21-17-6-5-9-19(17,2)13-23/h7-8,12,17,23H,3-6,9-11,13H2,1-2H3,(H2,20,21,24). The first-order chi connectivity index (χ1) is 11.5. The number of rotatable bonds is 4. The molecule has 2 fully saturated rings. The van der Waals surface area contributed by atoms with Gasteiger partial charge in [0.2, 0.25) is 0 Å². The molecule has 0 aromatic heterocycles. The molecule has 0 bridgehead atoms. The fraction of sp³-hybridized carbons (Fsp3) is 0.632. The summed E-state index contributed by atoms with van der Waals surface area (Å²) in [7, 11) is 0. The Bertz CT molecular complexity index is 598. The van der Waals surface area contributed by atoms with Crippen LogP contribution in [0.4, 0.5) is 16.2 Å². The molecule has 1 aliphatic carbocycles. The van der Waals surface area contributed by atoms with Crippen LogP contribution >= 0.6 is 0 Å². The number of nitrogens with one attached hydrogen (secondary N) is 2. The van der Waals surface area contributed by atoms with Gasteiger partial charge in [0.1, 0.15) is 0 Å². The lowest BCUT2D eigenvalue weighted by Crippen LogP contribution is -2.46. The lowest BCUT2D eigenvalue weighted by molar-refractivity contribution is 0.122. The summed E-state index contributed by atoms with van der Waals surface area (Å²) in [5, 5.41) is 15.6. The average molecular weight is 331 g/mol. The number of anilines is 2. The zero-order valence-corrected chi connectivity index (χ0v) is 14.8. The van der Waals surface area contributed by atoms with Gasteiger partial charge >= 0.3 is 6.03 Å². The number of aliphatic hydroxyl groups excluding tert-OH is 1. The van der Waals surface area contributed by atoms with Gasteiger partial charge in [0.25, 0.3) is 0 Å². The smallest absolute Gasteiger partial charge is 0.319 e. The number of aliphatic hydroxyl groups is 1. The Morgan fingerprint density at radius 3 is 2.75 bits per heavy atom. The maximum Gasteiger partial charge on any atom is 0.319 e. The molecule has 1 aliphatic heterocycles. The molecule has 5 heteroatoms. The largest absolute Gasteiger partial charge is 0.396 e. The highest BCUT2D eigenvalue weighted by atomic mass is 16.3. The summed E-state index contributed by atoms with van der Waals surface area (Å²) in [5.74, 6) is 0. The normalized spacial score (nSPS) is 26.6. The van der Waals surface area contributed by atoms with Gasteiger partial charge in [0.05, 0.1) is 6.61 Å². The van der Waals surface area contributed by atoms with Crippen molar-refractivity contribution in [3.63, 3.8) is 0 Å². The van der Waals surface area contributed by atoms with E-state index in [0.29, 0.717) is 0 Å². The number of carbonyl (C=O) groups excluding carboxylic acids is 1. The van der Waals surface area contributed by atoms with E-state index in [4.69, 9.17) is 0 Å². The minimum atomic E-state index is -0.202. The molecule has 24 heavy (non-hydrogen) atoms. The van der Waals surface area contributed by atoms with Crippen molar-refractivity contribution in [2.75, 3.05) is 29.9 Å². The Hall–Kier alpha value is -1.75. The molecular weight excluding hydrogens is 302 g/mol. The summed E-state index contributed by atoms with van der Waals surface area (Å²) in [5.41, 5.74) is 2.95. The Morgan fingerprint density at radius 2 is 2.08 bits per heavy atom. The number of aryl methyl sites for hydroxylation is 1. The number of hydrogen-bond acceptors (Lipinski definition) is 3. The second-order valence-electron chi connectivity index (χ2n) is 7.55.